The molecule has 3 rings (SSSR count). The molecule has 0 saturated carbocycles. The molecule has 2 aromatic rings. The highest BCUT2D eigenvalue weighted by atomic mass is 32.1. The van der Waals surface area contributed by atoms with Gasteiger partial charge in [-0.05, 0) is 55.9 Å². The summed E-state index contributed by atoms with van der Waals surface area (Å²) in [5, 5.41) is 6.32. The Morgan fingerprint density at radius 3 is 2.50 bits per heavy atom. The van der Waals surface area contributed by atoms with Gasteiger partial charge in [-0.15, -0.1) is 0 Å². The summed E-state index contributed by atoms with van der Waals surface area (Å²) in [6.07, 6.45) is 0. The summed E-state index contributed by atoms with van der Waals surface area (Å²) in [5.41, 5.74) is 2.42. The Morgan fingerprint density at radius 2 is 1.87 bits per heavy atom. The molecule has 1 amide bonds. The topological polar surface area (TPSA) is 70.7 Å². The van der Waals surface area contributed by atoms with Crippen LogP contribution in [0.3, 0.4) is 0 Å². The Bertz CT molecular complexity index is 1020. The van der Waals surface area contributed by atoms with E-state index in [-0.39, 0.29) is 12.2 Å². The number of anilines is 1. The number of thiocarbonyl (C=S) groups is 1. The molecule has 156 valence electrons. The van der Waals surface area contributed by atoms with Gasteiger partial charge in [-0.1, -0.05) is 24.3 Å². The molecule has 2 aromatic carbocycles. The van der Waals surface area contributed by atoms with E-state index < -0.39 is 23.7 Å². The van der Waals surface area contributed by atoms with E-state index in [4.69, 9.17) is 17.0 Å². The Kier molecular flexibility index (Phi) is 6.47. The lowest BCUT2D eigenvalue weighted by atomic mass is 9.95. The van der Waals surface area contributed by atoms with Gasteiger partial charge in [0.1, 0.15) is 5.82 Å². The lowest BCUT2D eigenvalue weighted by Gasteiger charge is -2.35. The van der Waals surface area contributed by atoms with E-state index in [1.54, 1.807) is 49.2 Å². The predicted molar refractivity (Wildman–Crippen MR) is 116 cm³/mol. The van der Waals surface area contributed by atoms with Gasteiger partial charge in [0, 0.05) is 18.4 Å². The zero-order valence-electron chi connectivity index (χ0n) is 16.9. The van der Waals surface area contributed by atoms with E-state index in [0.29, 0.717) is 22.1 Å². The fourth-order valence-electron chi connectivity index (χ4n) is 3.16. The molecule has 1 aliphatic rings. The second-order valence-electron chi connectivity index (χ2n) is 6.72. The van der Waals surface area contributed by atoms with Crippen molar-refractivity contribution in [3.63, 3.8) is 0 Å². The molecule has 0 aromatic heterocycles. The quantitative estimate of drug-likeness (QED) is 0.559. The van der Waals surface area contributed by atoms with Crippen LogP contribution in [0, 0.1) is 5.82 Å². The molecule has 1 unspecified atom stereocenters. The molecule has 0 bridgehead atoms. The van der Waals surface area contributed by atoms with Crippen LogP contribution in [0.5, 0.6) is 0 Å². The lowest BCUT2D eigenvalue weighted by Crippen LogP contribution is -2.46. The van der Waals surface area contributed by atoms with Gasteiger partial charge in [0.05, 0.1) is 23.8 Å². The summed E-state index contributed by atoms with van der Waals surface area (Å²) in [4.78, 5) is 26.6. The normalized spacial score (nSPS) is 16.2. The molecule has 0 radical (unpaired) electrons. The molecule has 1 heterocycles. The van der Waals surface area contributed by atoms with Gasteiger partial charge in [0.2, 0.25) is 0 Å². The Morgan fingerprint density at radius 1 is 1.20 bits per heavy atom. The highest BCUT2D eigenvalue weighted by Gasteiger charge is 2.33. The summed E-state index contributed by atoms with van der Waals surface area (Å²) in [6.45, 7) is 3.83. The molecule has 0 fully saturated rings. The van der Waals surface area contributed by atoms with Gasteiger partial charge in [-0.3, -0.25) is 4.79 Å². The lowest BCUT2D eigenvalue weighted by molar-refractivity contribution is -0.139. The minimum Gasteiger partial charge on any atom is -0.463 e. The summed E-state index contributed by atoms with van der Waals surface area (Å²) < 4.78 is 19.0. The van der Waals surface area contributed by atoms with E-state index in [9.17, 15) is 14.0 Å². The van der Waals surface area contributed by atoms with Crippen molar-refractivity contribution < 1.29 is 18.7 Å². The minimum absolute atomic E-state index is 0.0351. The average Bonchev–Trinajstić information content (AvgIpc) is 2.72. The summed E-state index contributed by atoms with van der Waals surface area (Å²) in [5.74, 6) is -1.54. The van der Waals surface area contributed by atoms with Crippen molar-refractivity contribution in [1.82, 2.24) is 10.2 Å². The number of rotatable bonds is 5. The van der Waals surface area contributed by atoms with E-state index in [1.165, 1.54) is 18.2 Å². The number of nitrogens with zero attached hydrogens (tertiary/aromatic N) is 1. The van der Waals surface area contributed by atoms with Crippen molar-refractivity contribution >= 4 is 34.9 Å². The summed E-state index contributed by atoms with van der Waals surface area (Å²) in [7, 11) is 1.78. The maximum absolute atomic E-state index is 13.8. The standard InChI is InChI=1S/C22H22FN3O3S/c1-4-29-21(28)18-13(2)26(3)22(30)25-19(18)14-9-11-15(12-10-14)24-20(27)16-7-5-6-8-17(16)23/h5-12,19H,4H2,1-3H3,(H,24,27)(H,25,30). The van der Waals surface area contributed by atoms with Gasteiger partial charge in [-0.2, -0.15) is 0 Å². The first-order valence-corrected chi connectivity index (χ1v) is 9.82. The number of esters is 1. The molecule has 0 aliphatic carbocycles. The number of hydrogen-bond donors (Lipinski definition) is 2. The largest absolute Gasteiger partial charge is 0.463 e. The molecule has 2 N–H and O–H groups in total. The SMILES string of the molecule is CCOC(=O)C1=C(C)N(C)C(=S)NC1c1ccc(NC(=O)c2ccccc2F)cc1. The van der Waals surface area contributed by atoms with Crippen LogP contribution in [0.2, 0.25) is 0 Å². The molecule has 0 saturated heterocycles. The third-order valence-corrected chi connectivity index (χ3v) is 5.26. The fraction of sp³-hybridized carbons (Fsp3) is 0.227. The van der Waals surface area contributed by atoms with Crippen LogP contribution in [0.25, 0.3) is 0 Å². The van der Waals surface area contributed by atoms with Gasteiger partial charge in [0.15, 0.2) is 5.11 Å². The molecule has 1 aliphatic heterocycles. The summed E-state index contributed by atoms with van der Waals surface area (Å²) >= 11 is 5.37. The van der Waals surface area contributed by atoms with Crippen LogP contribution in [-0.2, 0) is 9.53 Å². The number of benzene rings is 2. The van der Waals surface area contributed by atoms with Crippen molar-refractivity contribution in [1.29, 1.82) is 0 Å². The third kappa shape index (κ3) is 4.33. The number of ether oxygens (including phenoxy) is 1. The van der Waals surface area contributed by atoms with Gasteiger partial charge in [0.25, 0.3) is 5.91 Å². The van der Waals surface area contributed by atoms with Crippen molar-refractivity contribution in [2.24, 2.45) is 0 Å². The Labute approximate surface area is 179 Å². The Hall–Kier alpha value is -3.26. The van der Waals surface area contributed by atoms with Crippen molar-refractivity contribution in [3.8, 4) is 0 Å². The van der Waals surface area contributed by atoms with Gasteiger partial charge < -0.3 is 20.3 Å². The first-order chi connectivity index (χ1) is 14.3. The molecule has 1 atom stereocenters. The van der Waals surface area contributed by atoms with E-state index in [0.717, 1.165) is 5.56 Å². The zero-order chi connectivity index (χ0) is 21.8. The first kappa shape index (κ1) is 21.4. The summed E-state index contributed by atoms with van der Waals surface area (Å²) in [6, 6.07) is 12.2. The number of nitrogens with one attached hydrogen (secondary N) is 2. The van der Waals surface area contributed by atoms with Crippen molar-refractivity contribution in [3.05, 3.63) is 76.7 Å². The highest BCUT2D eigenvalue weighted by Crippen LogP contribution is 2.31. The van der Waals surface area contributed by atoms with E-state index in [2.05, 4.69) is 10.6 Å². The smallest absolute Gasteiger partial charge is 0.338 e. The van der Waals surface area contributed by atoms with E-state index in [1.807, 2.05) is 6.92 Å². The second kappa shape index (κ2) is 9.04. The first-order valence-electron chi connectivity index (χ1n) is 9.41. The van der Waals surface area contributed by atoms with Crippen molar-refractivity contribution in [2.45, 2.75) is 19.9 Å². The minimum atomic E-state index is -0.588. The number of carbonyl (C=O) groups excluding carboxylic acids is 2. The van der Waals surface area contributed by atoms with Crippen LogP contribution in [0.1, 0.15) is 35.8 Å². The maximum Gasteiger partial charge on any atom is 0.338 e. The van der Waals surface area contributed by atoms with Crippen LogP contribution in [0.4, 0.5) is 10.1 Å². The molecule has 8 heteroatoms. The molecular formula is C22H22FN3O3S. The molecule has 6 nitrogen and oxygen atoms in total. The predicted octanol–water partition coefficient (Wildman–Crippen LogP) is 3.78. The van der Waals surface area contributed by atoms with Crippen LogP contribution >= 0.6 is 12.2 Å². The second-order valence-corrected chi connectivity index (χ2v) is 7.10. The third-order valence-electron chi connectivity index (χ3n) is 4.87. The highest BCUT2D eigenvalue weighted by molar-refractivity contribution is 7.80. The molecular weight excluding hydrogens is 405 g/mol. The monoisotopic (exact) mass is 427 g/mol. The average molecular weight is 428 g/mol. The number of amides is 1. The molecule has 30 heavy (non-hydrogen) atoms. The van der Waals surface area contributed by atoms with Crippen LogP contribution in [0.15, 0.2) is 59.8 Å². The van der Waals surface area contributed by atoms with Crippen LogP contribution in [-0.4, -0.2) is 35.5 Å². The van der Waals surface area contributed by atoms with Gasteiger partial charge in [-0.25, -0.2) is 9.18 Å². The number of carbonyl (C=O) groups is 2. The number of halogens is 1. The fourth-order valence-corrected chi connectivity index (χ4v) is 3.42. The zero-order valence-corrected chi connectivity index (χ0v) is 17.7. The Balaban J connectivity index is 1.85. The van der Waals surface area contributed by atoms with Crippen molar-refractivity contribution in [2.75, 3.05) is 19.0 Å². The van der Waals surface area contributed by atoms with Crippen LogP contribution < -0.4 is 10.6 Å². The maximum atomic E-state index is 13.8. The number of allylic oxidation sites excluding steroid dienone is 1. The van der Waals surface area contributed by atoms with Gasteiger partial charge >= 0.3 is 5.97 Å². The number of hydrogen-bond acceptors (Lipinski definition) is 4. The molecule has 0 spiro atoms. The van der Waals surface area contributed by atoms with E-state index >= 15 is 0 Å².